The molecule has 10 heteroatoms. The lowest BCUT2D eigenvalue weighted by Crippen LogP contribution is -2.74. The fourth-order valence-corrected chi connectivity index (χ4v) is 13.3. The summed E-state index contributed by atoms with van der Waals surface area (Å²) >= 11 is 21.2. The highest BCUT2D eigenvalue weighted by Gasteiger charge is 2.74. The topological polar surface area (TPSA) is 96.2 Å². The third-order valence-corrected chi connectivity index (χ3v) is 15.9. The number of rotatable bonds is 4. The van der Waals surface area contributed by atoms with Crippen LogP contribution in [0.3, 0.4) is 0 Å². The molecule has 0 aromatic heterocycles. The lowest BCUT2D eigenvalue weighted by Gasteiger charge is -2.71. The van der Waals surface area contributed by atoms with Crippen LogP contribution in [0.15, 0.2) is 42.0 Å². The molecule has 13 atom stereocenters. The molecule has 6 rings (SSSR count). The molecule has 1 aromatic carbocycles. The van der Waals surface area contributed by atoms with Crippen LogP contribution in [0.5, 0.6) is 0 Å². The number of benzene rings is 1. The van der Waals surface area contributed by atoms with Crippen molar-refractivity contribution >= 4 is 56.5 Å². The summed E-state index contributed by atoms with van der Waals surface area (Å²) in [4.78, 5) is 13.5. The van der Waals surface area contributed by atoms with E-state index in [0.29, 0.717) is 24.8 Å². The van der Waals surface area contributed by atoms with E-state index in [2.05, 4.69) is 13.0 Å². The molecule has 0 bridgehead atoms. The Kier molecular flexibility index (Phi) is 8.47. The minimum atomic E-state index is -0.983. The minimum Gasteiger partial charge on any atom is -0.455 e. The summed E-state index contributed by atoms with van der Waals surface area (Å²) in [6.45, 7) is 5.91. The second-order valence-electron chi connectivity index (χ2n) is 15.0. The Labute approximate surface area is 283 Å². The number of hydrogen-bond acceptors (Lipinski definition) is 10. The van der Waals surface area contributed by atoms with Crippen molar-refractivity contribution in [3.8, 4) is 0 Å². The summed E-state index contributed by atoms with van der Waals surface area (Å²) in [5.74, 6) is -0.601. The number of thiol groups is 4. The number of aliphatic hydroxyl groups is 3. The van der Waals surface area contributed by atoms with Crippen molar-refractivity contribution in [3.63, 3.8) is 0 Å². The molecular formula is C34H48O6S4. The third kappa shape index (κ3) is 4.43. The van der Waals surface area contributed by atoms with E-state index >= 15 is 0 Å². The molecule has 3 N–H and O–H groups in total. The number of aliphatic hydroxyl groups excluding tert-OH is 3. The molecular weight excluding hydrogens is 633 g/mol. The van der Waals surface area contributed by atoms with Gasteiger partial charge in [-0.1, -0.05) is 36.8 Å². The summed E-state index contributed by atoms with van der Waals surface area (Å²) in [6, 6.07) is 8.84. The van der Waals surface area contributed by atoms with Gasteiger partial charge in [0, 0.05) is 36.9 Å². The molecule has 0 saturated heterocycles. The van der Waals surface area contributed by atoms with E-state index in [1.165, 1.54) is 0 Å². The summed E-state index contributed by atoms with van der Waals surface area (Å²) in [5.41, 5.74) is -0.238. The Hall–Kier alpha value is -0.330. The Morgan fingerprint density at radius 3 is 2.25 bits per heavy atom. The Bertz CT molecular complexity index is 1320. The van der Waals surface area contributed by atoms with Crippen molar-refractivity contribution in [3.05, 3.63) is 47.5 Å². The maximum Gasteiger partial charge on any atom is 0.338 e. The van der Waals surface area contributed by atoms with Gasteiger partial charge in [0.2, 0.25) is 0 Å². The molecule has 0 heterocycles. The smallest absolute Gasteiger partial charge is 0.338 e. The van der Waals surface area contributed by atoms with Gasteiger partial charge >= 0.3 is 5.97 Å². The SMILES string of the molecule is COC1[C@H](OC(=O)c2ccccc2)C2(CO)C[C@H](O)[C@]3(C)C(=CCC4C5(S)CCC(O)[C@](C)(S)C5CCC43S)C2C[C@@]1(C)S. The van der Waals surface area contributed by atoms with Crippen molar-refractivity contribution < 1.29 is 29.6 Å². The predicted octanol–water partition coefficient (Wildman–Crippen LogP) is 5.22. The summed E-state index contributed by atoms with van der Waals surface area (Å²) < 4.78 is 10.1. The first-order valence-corrected chi connectivity index (χ1v) is 17.7. The zero-order valence-corrected chi connectivity index (χ0v) is 29.6. The van der Waals surface area contributed by atoms with Crippen molar-refractivity contribution in [2.75, 3.05) is 13.7 Å². The van der Waals surface area contributed by atoms with Gasteiger partial charge in [-0.3, -0.25) is 0 Å². The van der Waals surface area contributed by atoms with Gasteiger partial charge in [-0.05, 0) is 88.7 Å². The van der Waals surface area contributed by atoms with Gasteiger partial charge in [-0.25, -0.2) is 4.79 Å². The van der Waals surface area contributed by atoms with Gasteiger partial charge in [0.05, 0.1) is 24.4 Å². The lowest BCUT2D eigenvalue weighted by atomic mass is 9.40. The monoisotopic (exact) mass is 680 g/mol. The molecule has 5 aliphatic rings. The number of carbonyl (C=O) groups is 1. The van der Waals surface area contributed by atoms with Crippen LogP contribution < -0.4 is 0 Å². The van der Waals surface area contributed by atoms with Crippen LogP contribution >= 0.6 is 50.5 Å². The van der Waals surface area contributed by atoms with Crippen LogP contribution in [-0.4, -0.2) is 78.4 Å². The maximum atomic E-state index is 13.5. The summed E-state index contributed by atoms with van der Waals surface area (Å²) in [6.07, 6.45) is 3.85. The first kappa shape index (κ1) is 33.6. The Morgan fingerprint density at radius 1 is 0.932 bits per heavy atom. The largest absolute Gasteiger partial charge is 0.455 e. The number of esters is 1. The zero-order valence-electron chi connectivity index (χ0n) is 26.0. The van der Waals surface area contributed by atoms with Gasteiger partial charge in [0.1, 0.15) is 12.2 Å². The average molecular weight is 681 g/mol. The molecule has 0 radical (unpaired) electrons. The molecule has 6 nitrogen and oxygen atoms in total. The van der Waals surface area contributed by atoms with Crippen molar-refractivity contribution in [2.45, 2.75) is 109 Å². The zero-order chi connectivity index (χ0) is 32.1. The number of allylic oxidation sites excluding steroid dienone is 1. The van der Waals surface area contributed by atoms with E-state index in [-0.39, 0.29) is 30.8 Å². The summed E-state index contributed by atoms with van der Waals surface area (Å²) in [7, 11) is 1.59. The van der Waals surface area contributed by atoms with Gasteiger partial charge in [-0.15, -0.1) is 0 Å². The van der Waals surface area contributed by atoms with Crippen LogP contribution in [0.1, 0.15) is 76.1 Å². The molecule has 8 unspecified atom stereocenters. The molecule has 1 aromatic rings. The minimum absolute atomic E-state index is 0.0359. The van der Waals surface area contributed by atoms with Crippen LogP contribution in [0, 0.1) is 28.6 Å². The number of carbonyl (C=O) groups excluding carboxylic acids is 1. The van der Waals surface area contributed by atoms with E-state index in [4.69, 9.17) is 60.0 Å². The quantitative estimate of drug-likeness (QED) is 0.134. The molecule has 244 valence electrons. The summed E-state index contributed by atoms with van der Waals surface area (Å²) in [5, 5.41) is 34.6. The molecule has 4 fully saturated rings. The number of fused-ring (bicyclic) bond motifs is 7. The predicted molar refractivity (Wildman–Crippen MR) is 185 cm³/mol. The first-order chi connectivity index (χ1) is 20.5. The number of ether oxygens (including phenoxy) is 2. The highest BCUT2D eigenvalue weighted by molar-refractivity contribution is 7.83. The lowest BCUT2D eigenvalue weighted by molar-refractivity contribution is -0.203. The Morgan fingerprint density at radius 2 is 1.61 bits per heavy atom. The third-order valence-electron chi connectivity index (χ3n) is 13.0. The Balaban J connectivity index is 1.45. The second-order valence-corrected chi connectivity index (χ2v) is 18.6. The molecule has 0 amide bonds. The van der Waals surface area contributed by atoms with E-state index in [1.54, 1.807) is 31.4 Å². The number of methoxy groups -OCH3 is 1. The normalized spacial score (nSPS) is 51.6. The van der Waals surface area contributed by atoms with Crippen LogP contribution in [0.2, 0.25) is 0 Å². The van der Waals surface area contributed by atoms with Crippen molar-refractivity contribution in [1.29, 1.82) is 0 Å². The number of hydrogen-bond donors (Lipinski definition) is 7. The fourth-order valence-electron chi connectivity index (χ4n) is 10.6. The van der Waals surface area contributed by atoms with Gasteiger partial charge in [0.25, 0.3) is 0 Å². The van der Waals surface area contributed by atoms with Crippen molar-refractivity contribution in [1.82, 2.24) is 0 Å². The van der Waals surface area contributed by atoms with Crippen molar-refractivity contribution in [2.24, 2.45) is 28.6 Å². The fraction of sp³-hybridized carbons (Fsp3) is 0.735. The molecule has 5 aliphatic carbocycles. The standard InChI is InChI=1S/C34H48O6S4/c1-29(41)16-21-20-10-11-23-33(43)14-13-24(36)31(3,42)22(33)12-15-34(23,44)30(20,2)25(37)17-32(21,18-35)27(26(29)39-4)40-28(38)19-8-6-5-7-9-19/h5-10,21-27,35-37,41-44H,11-18H2,1-4H3/t21?,22?,23?,24?,25-,26?,27-,29+,30-,31+,32?,33?,34?/m0/s1. The molecule has 0 spiro atoms. The van der Waals surface area contributed by atoms with Gasteiger partial charge in [-0.2, -0.15) is 50.5 Å². The van der Waals surface area contributed by atoms with Crippen LogP contribution in [0.25, 0.3) is 0 Å². The molecule has 0 aliphatic heterocycles. The van der Waals surface area contributed by atoms with Gasteiger partial charge in [0.15, 0.2) is 0 Å². The highest BCUT2D eigenvalue weighted by atomic mass is 32.1. The first-order valence-electron chi connectivity index (χ1n) is 15.9. The average Bonchev–Trinajstić information content (AvgIpc) is 2.97. The molecule has 44 heavy (non-hydrogen) atoms. The molecule has 4 saturated carbocycles. The van der Waals surface area contributed by atoms with Crippen LogP contribution in [0.4, 0.5) is 0 Å². The maximum absolute atomic E-state index is 13.5. The van der Waals surface area contributed by atoms with Crippen LogP contribution in [-0.2, 0) is 9.47 Å². The van der Waals surface area contributed by atoms with Gasteiger partial charge < -0.3 is 24.8 Å². The highest BCUT2D eigenvalue weighted by Crippen LogP contribution is 2.73. The van der Waals surface area contributed by atoms with E-state index in [1.807, 2.05) is 19.9 Å². The van der Waals surface area contributed by atoms with E-state index in [9.17, 15) is 20.1 Å². The van der Waals surface area contributed by atoms with E-state index in [0.717, 1.165) is 24.8 Å². The van der Waals surface area contributed by atoms with E-state index < -0.39 is 60.2 Å². The second kappa shape index (κ2) is 11.1.